The van der Waals surface area contributed by atoms with Crippen molar-refractivity contribution in [1.29, 1.82) is 0 Å². The minimum absolute atomic E-state index is 0.0995. The lowest BCUT2D eigenvalue weighted by atomic mass is 10.1. The van der Waals surface area contributed by atoms with Gasteiger partial charge in [0.15, 0.2) is 0 Å². The standard InChI is InChI=1S/C17H17ClN2O3S/c1-3-10-23-15-6-4-14(5-7-15)8-9-20-24(21,22)16-11-13(2)17(18)19-12-16/h1,4-7,11-12,20H,8-10H2,2H3. The Morgan fingerprint density at radius 1 is 1.33 bits per heavy atom. The van der Waals surface area contributed by atoms with E-state index in [1.807, 2.05) is 12.1 Å². The summed E-state index contributed by atoms with van der Waals surface area (Å²) in [6.45, 7) is 2.19. The largest absolute Gasteiger partial charge is 0.481 e. The molecule has 0 fully saturated rings. The Kier molecular flexibility index (Phi) is 6.21. The Balaban J connectivity index is 1.93. The Hall–Kier alpha value is -2.07. The van der Waals surface area contributed by atoms with Crippen molar-refractivity contribution < 1.29 is 13.2 Å². The molecule has 2 aromatic rings. The lowest BCUT2D eigenvalue weighted by Crippen LogP contribution is -2.26. The van der Waals surface area contributed by atoms with Gasteiger partial charge in [-0.05, 0) is 42.7 Å². The highest BCUT2D eigenvalue weighted by Crippen LogP contribution is 2.16. The van der Waals surface area contributed by atoms with Crippen LogP contribution in [0.2, 0.25) is 5.15 Å². The summed E-state index contributed by atoms with van der Waals surface area (Å²) in [5.41, 5.74) is 1.60. The van der Waals surface area contributed by atoms with Crippen LogP contribution < -0.4 is 9.46 Å². The number of pyridine rings is 1. The molecule has 0 aliphatic rings. The predicted molar refractivity (Wildman–Crippen MR) is 93.6 cm³/mol. The third-order valence-electron chi connectivity index (χ3n) is 3.25. The average molecular weight is 365 g/mol. The quantitative estimate of drug-likeness (QED) is 0.605. The second kappa shape index (κ2) is 8.15. The van der Waals surface area contributed by atoms with E-state index >= 15 is 0 Å². The van der Waals surface area contributed by atoms with Crippen LogP contribution in [-0.2, 0) is 16.4 Å². The molecule has 1 aromatic carbocycles. The highest BCUT2D eigenvalue weighted by molar-refractivity contribution is 7.89. The molecule has 24 heavy (non-hydrogen) atoms. The highest BCUT2D eigenvalue weighted by atomic mass is 35.5. The number of aromatic nitrogens is 1. The number of rotatable bonds is 7. The fraction of sp³-hybridized carbons (Fsp3) is 0.235. The molecule has 0 bridgehead atoms. The second-order valence-corrected chi connectivity index (χ2v) is 7.19. The van der Waals surface area contributed by atoms with Crippen LogP contribution in [0.5, 0.6) is 5.75 Å². The van der Waals surface area contributed by atoms with Gasteiger partial charge >= 0.3 is 0 Å². The number of nitrogens with one attached hydrogen (secondary N) is 1. The molecule has 126 valence electrons. The molecule has 1 heterocycles. The van der Waals surface area contributed by atoms with Gasteiger partial charge < -0.3 is 4.74 Å². The number of halogens is 1. The maximum absolute atomic E-state index is 12.2. The number of aryl methyl sites for hydroxylation is 1. The van der Waals surface area contributed by atoms with Crippen LogP contribution in [0.15, 0.2) is 41.4 Å². The van der Waals surface area contributed by atoms with Crippen LogP contribution in [0.1, 0.15) is 11.1 Å². The third-order valence-corrected chi connectivity index (χ3v) is 5.07. The molecule has 0 radical (unpaired) electrons. The van der Waals surface area contributed by atoms with Crippen molar-refractivity contribution in [2.24, 2.45) is 0 Å². The van der Waals surface area contributed by atoms with E-state index in [-0.39, 0.29) is 18.0 Å². The molecular weight excluding hydrogens is 348 g/mol. The number of hydrogen-bond donors (Lipinski definition) is 1. The molecule has 2 rings (SSSR count). The molecule has 1 N–H and O–H groups in total. The summed E-state index contributed by atoms with van der Waals surface area (Å²) in [5.74, 6) is 3.07. The summed E-state index contributed by atoms with van der Waals surface area (Å²) in [6.07, 6.45) is 6.92. The molecule has 0 saturated heterocycles. The van der Waals surface area contributed by atoms with Gasteiger partial charge in [-0.3, -0.25) is 0 Å². The van der Waals surface area contributed by atoms with E-state index in [1.165, 1.54) is 12.3 Å². The van der Waals surface area contributed by atoms with Crippen molar-refractivity contribution in [1.82, 2.24) is 9.71 Å². The summed E-state index contributed by atoms with van der Waals surface area (Å²) in [5, 5.41) is 0.293. The first-order chi connectivity index (χ1) is 11.4. The minimum atomic E-state index is -3.61. The lowest BCUT2D eigenvalue weighted by molar-refractivity contribution is 0.370. The molecule has 5 nitrogen and oxygen atoms in total. The van der Waals surface area contributed by atoms with Gasteiger partial charge in [-0.2, -0.15) is 0 Å². The zero-order valence-corrected chi connectivity index (χ0v) is 14.7. The van der Waals surface area contributed by atoms with E-state index < -0.39 is 10.0 Å². The summed E-state index contributed by atoms with van der Waals surface area (Å²) in [7, 11) is -3.61. The summed E-state index contributed by atoms with van der Waals surface area (Å²) in [4.78, 5) is 3.96. The summed E-state index contributed by atoms with van der Waals surface area (Å²) < 4.78 is 32.3. The molecule has 7 heteroatoms. The molecule has 0 atom stereocenters. The Morgan fingerprint density at radius 2 is 2.04 bits per heavy atom. The maximum atomic E-state index is 12.2. The van der Waals surface area contributed by atoms with Crippen molar-refractivity contribution in [3.63, 3.8) is 0 Å². The van der Waals surface area contributed by atoms with Gasteiger partial charge in [0, 0.05) is 12.7 Å². The summed E-state index contributed by atoms with van der Waals surface area (Å²) >= 11 is 5.81. The van der Waals surface area contributed by atoms with Crippen molar-refractivity contribution in [2.75, 3.05) is 13.2 Å². The predicted octanol–water partition coefficient (Wildman–Crippen LogP) is 2.58. The topological polar surface area (TPSA) is 68.3 Å². The number of hydrogen-bond acceptors (Lipinski definition) is 4. The van der Waals surface area contributed by atoms with Crippen molar-refractivity contribution in [3.05, 3.63) is 52.8 Å². The van der Waals surface area contributed by atoms with Crippen LogP contribution in [-0.4, -0.2) is 26.6 Å². The van der Waals surface area contributed by atoms with Crippen LogP contribution in [0.25, 0.3) is 0 Å². The van der Waals surface area contributed by atoms with Gasteiger partial charge in [0.25, 0.3) is 0 Å². The van der Waals surface area contributed by atoms with E-state index in [4.69, 9.17) is 22.8 Å². The minimum Gasteiger partial charge on any atom is -0.481 e. The zero-order chi connectivity index (χ0) is 17.6. The van der Waals surface area contributed by atoms with E-state index in [0.29, 0.717) is 22.9 Å². The Morgan fingerprint density at radius 3 is 2.67 bits per heavy atom. The molecule has 0 unspecified atom stereocenters. The van der Waals surface area contributed by atoms with Crippen molar-refractivity contribution >= 4 is 21.6 Å². The molecule has 1 aromatic heterocycles. The first kappa shape index (κ1) is 18.3. The first-order valence-corrected chi connectivity index (χ1v) is 9.05. The van der Waals surface area contributed by atoms with Crippen molar-refractivity contribution in [3.8, 4) is 18.1 Å². The van der Waals surface area contributed by atoms with Gasteiger partial charge in [0.05, 0.1) is 0 Å². The second-order valence-electron chi connectivity index (χ2n) is 5.06. The van der Waals surface area contributed by atoms with Crippen LogP contribution >= 0.6 is 11.6 Å². The normalized spacial score (nSPS) is 11.0. The Labute approximate surface area is 147 Å². The first-order valence-electron chi connectivity index (χ1n) is 7.19. The number of benzene rings is 1. The smallest absolute Gasteiger partial charge is 0.242 e. The van der Waals surface area contributed by atoms with Crippen LogP contribution in [0, 0.1) is 19.3 Å². The molecule has 0 aliphatic carbocycles. The SMILES string of the molecule is C#CCOc1ccc(CCNS(=O)(=O)c2cnc(Cl)c(C)c2)cc1. The van der Waals surface area contributed by atoms with Gasteiger partial charge in [0.2, 0.25) is 10.0 Å². The van der Waals surface area contributed by atoms with E-state index in [0.717, 1.165) is 5.56 Å². The number of nitrogens with zero attached hydrogens (tertiary/aromatic N) is 1. The Bertz CT molecular complexity index is 843. The summed E-state index contributed by atoms with van der Waals surface area (Å²) in [6, 6.07) is 8.83. The average Bonchev–Trinajstić information content (AvgIpc) is 2.56. The molecule has 0 spiro atoms. The van der Waals surface area contributed by atoms with E-state index in [9.17, 15) is 8.42 Å². The number of ether oxygens (including phenoxy) is 1. The number of terminal acetylenes is 1. The van der Waals surface area contributed by atoms with E-state index in [1.54, 1.807) is 19.1 Å². The molecule has 0 saturated carbocycles. The van der Waals surface area contributed by atoms with Gasteiger partial charge in [0.1, 0.15) is 22.4 Å². The van der Waals surface area contributed by atoms with Crippen LogP contribution in [0.3, 0.4) is 0 Å². The fourth-order valence-electron chi connectivity index (χ4n) is 1.97. The van der Waals surface area contributed by atoms with E-state index in [2.05, 4.69) is 15.6 Å². The third kappa shape index (κ3) is 4.96. The monoisotopic (exact) mass is 364 g/mol. The zero-order valence-electron chi connectivity index (χ0n) is 13.1. The van der Waals surface area contributed by atoms with Crippen molar-refractivity contribution in [2.45, 2.75) is 18.2 Å². The highest BCUT2D eigenvalue weighted by Gasteiger charge is 2.15. The van der Waals surface area contributed by atoms with Gasteiger partial charge in [-0.25, -0.2) is 18.1 Å². The molecule has 0 aliphatic heterocycles. The lowest BCUT2D eigenvalue weighted by Gasteiger charge is -2.08. The maximum Gasteiger partial charge on any atom is 0.242 e. The van der Waals surface area contributed by atoms with Crippen LogP contribution in [0.4, 0.5) is 0 Å². The fourth-order valence-corrected chi connectivity index (χ4v) is 3.13. The molecule has 0 amide bonds. The number of sulfonamides is 1. The molecular formula is C17H17ClN2O3S. The van der Waals surface area contributed by atoms with Gasteiger partial charge in [-0.1, -0.05) is 29.7 Å². The van der Waals surface area contributed by atoms with Gasteiger partial charge in [-0.15, -0.1) is 6.42 Å².